The Hall–Kier alpha value is -0.160. The molecule has 0 heterocycles. The van der Waals surface area contributed by atoms with Crippen LogP contribution in [0.1, 0.15) is 39.5 Å². The Labute approximate surface area is 118 Å². The molecule has 2 atom stereocenters. The summed E-state index contributed by atoms with van der Waals surface area (Å²) in [4.78, 5) is 0. The van der Waals surface area contributed by atoms with Gasteiger partial charge in [-0.2, -0.15) is 0 Å². The highest BCUT2D eigenvalue weighted by atomic mass is 16.5. The van der Waals surface area contributed by atoms with Gasteiger partial charge in [-0.15, -0.1) is 0 Å². The number of unbranched alkanes of at least 4 members (excludes halogenated alkanes) is 1. The van der Waals surface area contributed by atoms with Crippen LogP contribution in [0.15, 0.2) is 0 Å². The van der Waals surface area contributed by atoms with Crippen LogP contribution in [0.4, 0.5) is 0 Å². The van der Waals surface area contributed by atoms with Crippen molar-refractivity contribution in [1.82, 2.24) is 5.32 Å². The van der Waals surface area contributed by atoms with Gasteiger partial charge in [-0.1, -0.05) is 26.7 Å². The fourth-order valence-electron chi connectivity index (χ4n) is 2.05. The largest absolute Gasteiger partial charge is 0.379 e. The van der Waals surface area contributed by atoms with Gasteiger partial charge >= 0.3 is 0 Å². The van der Waals surface area contributed by atoms with Crippen LogP contribution in [0.25, 0.3) is 0 Å². The molecule has 4 nitrogen and oxygen atoms in total. The molecule has 1 rings (SSSR count). The summed E-state index contributed by atoms with van der Waals surface area (Å²) in [5.74, 6) is 0.913. The van der Waals surface area contributed by atoms with Crippen LogP contribution in [-0.2, 0) is 14.2 Å². The van der Waals surface area contributed by atoms with Gasteiger partial charge < -0.3 is 19.5 Å². The Morgan fingerprint density at radius 1 is 0.895 bits per heavy atom. The van der Waals surface area contributed by atoms with Crippen LogP contribution in [0, 0.1) is 5.92 Å². The van der Waals surface area contributed by atoms with Gasteiger partial charge in [0.1, 0.15) is 0 Å². The lowest BCUT2D eigenvalue weighted by atomic mass is 10.3. The van der Waals surface area contributed by atoms with Crippen molar-refractivity contribution in [3.63, 3.8) is 0 Å². The van der Waals surface area contributed by atoms with Crippen molar-refractivity contribution >= 4 is 0 Å². The van der Waals surface area contributed by atoms with E-state index in [1.165, 1.54) is 19.3 Å². The minimum atomic E-state index is 0.665. The Morgan fingerprint density at radius 3 is 2.11 bits per heavy atom. The fourth-order valence-corrected chi connectivity index (χ4v) is 2.05. The maximum absolute atomic E-state index is 5.50. The number of hydrogen-bond donors (Lipinski definition) is 1. The third kappa shape index (κ3) is 9.38. The highest BCUT2D eigenvalue weighted by molar-refractivity contribution is 4.91. The maximum atomic E-state index is 5.50. The lowest BCUT2D eigenvalue weighted by molar-refractivity contribution is 0.0146. The van der Waals surface area contributed by atoms with Crippen LogP contribution >= 0.6 is 0 Å². The zero-order valence-corrected chi connectivity index (χ0v) is 12.7. The van der Waals surface area contributed by atoms with Gasteiger partial charge in [0, 0.05) is 19.2 Å². The molecule has 0 aromatic carbocycles. The standard InChI is InChI=1S/C15H31NO3/c1-3-5-7-17-9-11-19-12-10-18-8-6-16-15-13-14(15)4-2/h14-16H,3-13H2,1-2H3. The van der Waals surface area contributed by atoms with Gasteiger partial charge in [0.25, 0.3) is 0 Å². The zero-order valence-electron chi connectivity index (χ0n) is 12.7. The maximum Gasteiger partial charge on any atom is 0.0701 e. The lowest BCUT2D eigenvalue weighted by Gasteiger charge is -2.07. The van der Waals surface area contributed by atoms with E-state index >= 15 is 0 Å². The topological polar surface area (TPSA) is 39.7 Å². The number of ether oxygens (including phenoxy) is 3. The SMILES string of the molecule is CCCCOCCOCCOCCNC1CC1CC. The Morgan fingerprint density at radius 2 is 1.53 bits per heavy atom. The summed E-state index contributed by atoms with van der Waals surface area (Å²) >= 11 is 0. The second-order valence-corrected chi connectivity index (χ2v) is 5.16. The van der Waals surface area contributed by atoms with E-state index in [1.54, 1.807) is 0 Å². The molecule has 0 aromatic heterocycles. The van der Waals surface area contributed by atoms with E-state index in [1.807, 2.05) is 0 Å². The third-order valence-corrected chi connectivity index (χ3v) is 3.49. The first-order chi connectivity index (χ1) is 9.38. The van der Waals surface area contributed by atoms with Crippen molar-refractivity contribution in [1.29, 1.82) is 0 Å². The molecule has 1 aliphatic carbocycles. The predicted octanol–water partition coefficient (Wildman–Crippen LogP) is 2.22. The van der Waals surface area contributed by atoms with E-state index in [0.29, 0.717) is 26.4 Å². The van der Waals surface area contributed by atoms with Crippen molar-refractivity contribution in [2.24, 2.45) is 5.92 Å². The molecule has 1 fully saturated rings. The monoisotopic (exact) mass is 273 g/mol. The lowest BCUT2D eigenvalue weighted by Crippen LogP contribution is -2.24. The fraction of sp³-hybridized carbons (Fsp3) is 1.00. The van der Waals surface area contributed by atoms with E-state index < -0.39 is 0 Å². The number of rotatable bonds is 14. The average Bonchev–Trinajstić information content (AvgIpc) is 3.19. The van der Waals surface area contributed by atoms with Gasteiger partial charge in [0.2, 0.25) is 0 Å². The van der Waals surface area contributed by atoms with Gasteiger partial charge in [0.05, 0.1) is 33.0 Å². The third-order valence-electron chi connectivity index (χ3n) is 3.49. The smallest absolute Gasteiger partial charge is 0.0701 e. The van der Waals surface area contributed by atoms with Crippen molar-refractivity contribution in [3.8, 4) is 0 Å². The summed E-state index contributed by atoms with van der Waals surface area (Å²) in [7, 11) is 0. The Kier molecular flexibility index (Phi) is 10.4. The van der Waals surface area contributed by atoms with Crippen LogP contribution < -0.4 is 5.32 Å². The highest BCUT2D eigenvalue weighted by Gasteiger charge is 2.34. The molecule has 114 valence electrons. The first kappa shape index (κ1) is 16.9. The van der Waals surface area contributed by atoms with Crippen LogP contribution in [0.2, 0.25) is 0 Å². The minimum absolute atomic E-state index is 0.665. The summed E-state index contributed by atoms with van der Waals surface area (Å²) in [6.45, 7) is 9.72. The molecule has 0 aromatic rings. The molecule has 0 saturated heterocycles. The summed E-state index contributed by atoms with van der Waals surface area (Å²) in [5, 5.41) is 3.50. The van der Waals surface area contributed by atoms with E-state index in [4.69, 9.17) is 14.2 Å². The van der Waals surface area contributed by atoms with E-state index in [-0.39, 0.29) is 0 Å². The second-order valence-electron chi connectivity index (χ2n) is 5.16. The summed E-state index contributed by atoms with van der Waals surface area (Å²) in [5.41, 5.74) is 0. The van der Waals surface area contributed by atoms with Crippen LogP contribution in [0.3, 0.4) is 0 Å². The Balaban J connectivity index is 1.65. The number of nitrogens with one attached hydrogen (secondary N) is 1. The molecule has 1 aliphatic rings. The molecule has 0 spiro atoms. The van der Waals surface area contributed by atoms with Gasteiger partial charge in [-0.05, 0) is 18.8 Å². The molecular formula is C15H31NO3. The molecule has 1 saturated carbocycles. The zero-order chi connectivity index (χ0) is 13.8. The summed E-state index contributed by atoms with van der Waals surface area (Å²) in [6.07, 6.45) is 4.96. The van der Waals surface area contributed by atoms with Crippen LogP contribution in [-0.4, -0.2) is 52.2 Å². The van der Waals surface area contributed by atoms with E-state index in [9.17, 15) is 0 Å². The molecular weight excluding hydrogens is 242 g/mol. The summed E-state index contributed by atoms with van der Waals surface area (Å²) < 4.78 is 16.3. The molecule has 4 heteroatoms. The number of hydrogen-bond acceptors (Lipinski definition) is 4. The van der Waals surface area contributed by atoms with Crippen molar-refractivity contribution in [3.05, 3.63) is 0 Å². The summed E-state index contributed by atoms with van der Waals surface area (Å²) in [6, 6.07) is 0.755. The molecule has 0 amide bonds. The van der Waals surface area contributed by atoms with Gasteiger partial charge in [-0.3, -0.25) is 0 Å². The van der Waals surface area contributed by atoms with Crippen molar-refractivity contribution < 1.29 is 14.2 Å². The molecule has 1 N–H and O–H groups in total. The van der Waals surface area contributed by atoms with Crippen LogP contribution in [0.5, 0.6) is 0 Å². The van der Waals surface area contributed by atoms with Crippen molar-refractivity contribution in [2.75, 3.05) is 46.2 Å². The van der Waals surface area contributed by atoms with E-state index in [2.05, 4.69) is 19.2 Å². The molecule has 0 aliphatic heterocycles. The van der Waals surface area contributed by atoms with Crippen molar-refractivity contribution in [2.45, 2.75) is 45.6 Å². The normalized spacial score (nSPS) is 21.8. The van der Waals surface area contributed by atoms with E-state index in [0.717, 1.165) is 38.1 Å². The molecule has 0 radical (unpaired) electrons. The van der Waals surface area contributed by atoms with Gasteiger partial charge in [0.15, 0.2) is 0 Å². The minimum Gasteiger partial charge on any atom is -0.379 e. The quantitative estimate of drug-likeness (QED) is 0.493. The molecule has 0 bridgehead atoms. The molecule has 19 heavy (non-hydrogen) atoms. The van der Waals surface area contributed by atoms with Gasteiger partial charge in [-0.25, -0.2) is 0 Å². The Bertz CT molecular complexity index is 202. The average molecular weight is 273 g/mol. The first-order valence-corrected chi connectivity index (χ1v) is 7.85. The second kappa shape index (κ2) is 11.6. The molecule has 2 unspecified atom stereocenters. The first-order valence-electron chi connectivity index (χ1n) is 7.85. The highest BCUT2D eigenvalue weighted by Crippen LogP contribution is 2.32. The predicted molar refractivity (Wildman–Crippen MR) is 77.6 cm³/mol.